The molecular weight excluding hydrogens is 294 g/mol. The lowest BCUT2D eigenvalue weighted by molar-refractivity contribution is -0.143. The Bertz CT molecular complexity index is 554. The first-order chi connectivity index (χ1) is 10.0. The summed E-state index contributed by atoms with van der Waals surface area (Å²) in [6.07, 6.45) is 0.408. The average Bonchev–Trinajstić information content (AvgIpc) is 2.96. The summed E-state index contributed by atoms with van der Waals surface area (Å²) in [4.78, 5) is 23.9. The standard InChI is InChI=1S/C14H17NO5S/c1-19-9-3-4-11(20-2)10(7-9)12(16)15-14(13(17)18)5-6-21-8-14/h3-4,7H,5-6,8H2,1-2H3,(H,15,16)(H,17,18). The van der Waals surface area contributed by atoms with Gasteiger partial charge in [0.1, 0.15) is 17.0 Å². The van der Waals surface area contributed by atoms with Gasteiger partial charge in [-0.25, -0.2) is 4.79 Å². The van der Waals surface area contributed by atoms with E-state index in [4.69, 9.17) is 9.47 Å². The van der Waals surface area contributed by atoms with Gasteiger partial charge in [-0.05, 0) is 30.4 Å². The number of carbonyl (C=O) groups excluding carboxylic acids is 1. The van der Waals surface area contributed by atoms with Crippen LogP contribution in [-0.2, 0) is 4.79 Å². The fraction of sp³-hybridized carbons (Fsp3) is 0.429. The summed E-state index contributed by atoms with van der Waals surface area (Å²) in [5.41, 5.74) is -0.954. The van der Waals surface area contributed by atoms with Crippen LogP contribution in [0.4, 0.5) is 0 Å². The molecule has 1 aliphatic heterocycles. The van der Waals surface area contributed by atoms with Gasteiger partial charge in [0, 0.05) is 5.75 Å². The maximum atomic E-state index is 12.4. The van der Waals surface area contributed by atoms with Crippen LogP contribution in [0.1, 0.15) is 16.8 Å². The summed E-state index contributed by atoms with van der Waals surface area (Å²) >= 11 is 1.51. The Labute approximate surface area is 126 Å². The fourth-order valence-corrected chi connectivity index (χ4v) is 3.49. The van der Waals surface area contributed by atoms with Crippen LogP contribution in [0, 0.1) is 0 Å². The van der Waals surface area contributed by atoms with Crippen molar-refractivity contribution in [1.82, 2.24) is 5.32 Å². The second kappa shape index (κ2) is 6.26. The molecule has 1 amide bonds. The van der Waals surface area contributed by atoms with Gasteiger partial charge in [0.15, 0.2) is 0 Å². The van der Waals surface area contributed by atoms with Gasteiger partial charge in [0.2, 0.25) is 0 Å². The molecule has 2 rings (SSSR count). The second-order valence-electron chi connectivity index (χ2n) is 4.71. The molecule has 7 heteroatoms. The highest BCUT2D eigenvalue weighted by Gasteiger charge is 2.43. The molecule has 6 nitrogen and oxygen atoms in total. The quantitative estimate of drug-likeness (QED) is 0.855. The van der Waals surface area contributed by atoms with Gasteiger partial charge >= 0.3 is 5.97 Å². The minimum Gasteiger partial charge on any atom is -0.497 e. The molecular formula is C14H17NO5S. The third kappa shape index (κ3) is 3.07. The third-order valence-corrected chi connectivity index (χ3v) is 4.62. The summed E-state index contributed by atoms with van der Waals surface area (Å²) in [5.74, 6) is 0.464. The first-order valence-corrected chi connectivity index (χ1v) is 7.53. The highest BCUT2D eigenvalue weighted by molar-refractivity contribution is 7.99. The second-order valence-corrected chi connectivity index (χ2v) is 5.82. The van der Waals surface area contributed by atoms with Crippen LogP contribution >= 0.6 is 11.8 Å². The number of benzene rings is 1. The lowest BCUT2D eigenvalue weighted by Crippen LogP contribution is -2.54. The summed E-state index contributed by atoms with van der Waals surface area (Å²) in [5, 5.41) is 12.0. The molecule has 21 heavy (non-hydrogen) atoms. The van der Waals surface area contributed by atoms with Crippen molar-refractivity contribution in [3.05, 3.63) is 23.8 Å². The number of amides is 1. The molecule has 114 valence electrons. The van der Waals surface area contributed by atoms with E-state index in [2.05, 4.69) is 5.32 Å². The molecule has 0 aliphatic carbocycles. The monoisotopic (exact) mass is 311 g/mol. The Hall–Kier alpha value is -1.89. The lowest BCUT2D eigenvalue weighted by Gasteiger charge is -2.25. The average molecular weight is 311 g/mol. The maximum absolute atomic E-state index is 12.4. The van der Waals surface area contributed by atoms with E-state index in [-0.39, 0.29) is 5.56 Å². The maximum Gasteiger partial charge on any atom is 0.330 e. The van der Waals surface area contributed by atoms with E-state index in [9.17, 15) is 14.7 Å². The first kappa shape index (κ1) is 15.5. The number of hydrogen-bond donors (Lipinski definition) is 2. The van der Waals surface area contributed by atoms with Crippen molar-refractivity contribution in [2.24, 2.45) is 0 Å². The van der Waals surface area contributed by atoms with E-state index >= 15 is 0 Å². The van der Waals surface area contributed by atoms with Crippen molar-refractivity contribution in [2.45, 2.75) is 12.0 Å². The molecule has 1 unspecified atom stereocenters. The Balaban J connectivity index is 2.29. The van der Waals surface area contributed by atoms with Gasteiger partial charge in [-0.3, -0.25) is 4.79 Å². The van der Waals surface area contributed by atoms with Crippen LogP contribution in [0.5, 0.6) is 11.5 Å². The van der Waals surface area contributed by atoms with Crippen LogP contribution in [0.25, 0.3) is 0 Å². The van der Waals surface area contributed by atoms with Gasteiger partial charge in [0.05, 0.1) is 19.8 Å². The predicted octanol–water partition coefficient (Wildman–Crippen LogP) is 1.39. The minimum absolute atomic E-state index is 0.259. The van der Waals surface area contributed by atoms with Crippen LogP contribution in [0.15, 0.2) is 18.2 Å². The third-order valence-electron chi connectivity index (χ3n) is 3.44. The van der Waals surface area contributed by atoms with Gasteiger partial charge in [-0.15, -0.1) is 0 Å². The van der Waals surface area contributed by atoms with Crippen molar-refractivity contribution in [2.75, 3.05) is 25.7 Å². The molecule has 0 spiro atoms. The summed E-state index contributed by atoms with van der Waals surface area (Å²) in [7, 11) is 2.95. The Morgan fingerprint density at radius 1 is 1.33 bits per heavy atom. The number of rotatable bonds is 5. The zero-order valence-electron chi connectivity index (χ0n) is 11.8. The largest absolute Gasteiger partial charge is 0.497 e. The molecule has 1 atom stereocenters. The van der Waals surface area contributed by atoms with Crippen molar-refractivity contribution in [1.29, 1.82) is 0 Å². The number of carboxylic acids is 1. The molecule has 1 heterocycles. The lowest BCUT2D eigenvalue weighted by atomic mass is 9.98. The summed E-state index contributed by atoms with van der Waals surface area (Å²) in [6, 6.07) is 4.82. The molecule has 1 saturated heterocycles. The topological polar surface area (TPSA) is 84.9 Å². The molecule has 1 aromatic carbocycles. The fourth-order valence-electron chi connectivity index (χ4n) is 2.16. The van der Waals surface area contributed by atoms with E-state index in [1.54, 1.807) is 12.1 Å². The Kier molecular flexibility index (Phi) is 4.62. The van der Waals surface area contributed by atoms with Crippen LogP contribution in [-0.4, -0.2) is 48.2 Å². The first-order valence-electron chi connectivity index (χ1n) is 6.38. The molecule has 0 aromatic heterocycles. The van der Waals surface area contributed by atoms with Crippen LogP contribution in [0.2, 0.25) is 0 Å². The smallest absolute Gasteiger partial charge is 0.330 e. The zero-order chi connectivity index (χ0) is 15.5. The Morgan fingerprint density at radius 3 is 2.62 bits per heavy atom. The number of methoxy groups -OCH3 is 2. The normalized spacial score (nSPS) is 20.9. The number of aliphatic carboxylic acids is 1. The van der Waals surface area contributed by atoms with Crippen molar-refractivity contribution in [3.8, 4) is 11.5 Å². The molecule has 0 radical (unpaired) electrons. The van der Waals surface area contributed by atoms with Gasteiger partial charge in [0.25, 0.3) is 5.91 Å². The van der Waals surface area contributed by atoms with E-state index in [0.717, 1.165) is 0 Å². The summed E-state index contributed by atoms with van der Waals surface area (Å²) < 4.78 is 10.2. The number of carbonyl (C=O) groups is 2. The summed E-state index contributed by atoms with van der Waals surface area (Å²) in [6.45, 7) is 0. The zero-order valence-corrected chi connectivity index (χ0v) is 12.7. The highest BCUT2D eigenvalue weighted by atomic mass is 32.2. The van der Waals surface area contributed by atoms with Crippen molar-refractivity contribution in [3.63, 3.8) is 0 Å². The molecule has 1 aromatic rings. The predicted molar refractivity (Wildman–Crippen MR) is 79.3 cm³/mol. The van der Waals surface area contributed by atoms with Crippen molar-refractivity contribution >= 4 is 23.6 Å². The van der Waals surface area contributed by atoms with Gasteiger partial charge in [-0.1, -0.05) is 0 Å². The van der Waals surface area contributed by atoms with Crippen LogP contribution in [0.3, 0.4) is 0 Å². The number of ether oxygens (including phenoxy) is 2. The number of hydrogen-bond acceptors (Lipinski definition) is 5. The van der Waals surface area contributed by atoms with E-state index in [1.165, 1.54) is 32.0 Å². The SMILES string of the molecule is COc1ccc(OC)c(C(=O)NC2(C(=O)O)CCSC2)c1. The van der Waals surface area contributed by atoms with Crippen molar-refractivity contribution < 1.29 is 24.2 Å². The van der Waals surface area contributed by atoms with Gasteiger partial charge < -0.3 is 19.9 Å². The van der Waals surface area contributed by atoms with E-state index < -0.39 is 17.4 Å². The van der Waals surface area contributed by atoms with E-state index in [0.29, 0.717) is 29.4 Å². The van der Waals surface area contributed by atoms with E-state index in [1.807, 2.05) is 0 Å². The Morgan fingerprint density at radius 2 is 2.10 bits per heavy atom. The molecule has 1 fully saturated rings. The minimum atomic E-state index is -1.21. The molecule has 2 N–H and O–H groups in total. The highest BCUT2D eigenvalue weighted by Crippen LogP contribution is 2.30. The molecule has 0 saturated carbocycles. The number of nitrogens with one attached hydrogen (secondary N) is 1. The number of carboxylic acid groups (broad SMARTS) is 1. The molecule has 1 aliphatic rings. The van der Waals surface area contributed by atoms with Crippen LogP contribution < -0.4 is 14.8 Å². The molecule has 0 bridgehead atoms. The number of thioether (sulfide) groups is 1. The van der Waals surface area contributed by atoms with Gasteiger partial charge in [-0.2, -0.15) is 11.8 Å².